The van der Waals surface area contributed by atoms with E-state index in [1.807, 2.05) is 0 Å². The molecule has 0 aliphatic carbocycles. The van der Waals surface area contributed by atoms with Crippen LogP contribution < -0.4 is 0 Å². The van der Waals surface area contributed by atoms with Crippen LogP contribution in [0, 0.1) is 0 Å². The summed E-state index contributed by atoms with van der Waals surface area (Å²) in [6.45, 7) is 11.0. The van der Waals surface area contributed by atoms with Gasteiger partial charge in [-0.05, 0) is 19.3 Å². The first-order valence-electron chi connectivity index (χ1n) is 8.24. The molecule has 0 unspecified atom stereocenters. The molecule has 0 heterocycles. The maximum Gasteiger partial charge on any atom is 0.297 e. The molecular weight excluding hydrogens is 272 g/mol. The lowest BCUT2D eigenvalue weighted by atomic mass is 10.3. The summed E-state index contributed by atoms with van der Waals surface area (Å²) < 4.78 is 23.4. The van der Waals surface area contributed by atoms with Gasteiger partial charge in [-0.1, -0.05) is 46.6 Å². The Bertz CT molecular complexity index is 192. The zero-order valence-electron chi connectivity index (χ0n) is 13.9. The lowest BCUT2D eigenvalue weighted by molar-refractivity contribution is -0.362. The van der Waals surface area contributed by atoms with Crippen molar-refractivity contribution in [1.29, 1.82) is 0 Å². The first kappa shape index (κ1) is 20.1. The highest BCUT2D eigenvalue weighted by atomic mass is 28.2. The van der Waals surface area contributed by atoms with Gasteiger partial charge in [0.25, 0.3) is 5.97 Å². The second-order valence-corrected chi connectivity index (χ2v) is 5.79. The lowest BCUT2D eigenvalue weighted by Crippen LogP contribution is -2.45. The van der Waals surface area contributed by atoms with Crippen LogP contribution in [0.25, 0.3) is 0 Å². The second kappa shape index (κ2) is 14.0. The summed E-state index contributed by atoms with van der Waals surface area (Å²) >= 11 is 0. The molecule has 0 fully saturated rings. The van der Waals surface area contributed by atoms with E-state index in [-0.39, 0.29) is 0 Å². The van der Waals surface area contributed by atoms with Gasteiger partial charge in [0, 0.05) is 6.61 Å². The highest BCUT2D eigenvalue weighted by molar-refractivity contribution is 6.24. The van der Waals surface area contributed by atoms with Crippen molar-refractivity contribution in [2.75, 3.05) is 26.4 Å². The maximum absolute atomic E-state index is 5.90. The molecule has 0 aromatic carbocycles. The predicted octanol–water partition coefficient (Wildman–Crippen LogP) is 3.24. The molecule has 0 saturated carbocycles. The molecule has 0 N–H and O–H groups in total. The molecule has 0 aliphatic rings. The average Bonchev–Trinajstić information content (AvgIpc) is 2.44. The van der Waals surface area contributed by atoms with Crippen LogP contribution in [-0.4, -0.2) is 42.2 Å². The molecule has 4 nitrogen and oxygen atoms in total. The molecule has 122 valence electrons. The van der Waals surface area contributed by atoms with Gasteiger partial charge in [-0.2, -0.15) is 0 Å². The predicted molar refractivity (Wildman–Crippen MR) is 85.7 cm³/mol. The molecule has 0 amide bonds. The summed E-state index contributed by atoms with van der Waals surface area (Å²) in [4.78, 5) is 0. The molecule has 0 bridgehead atoms. The van der Waals surface area contributed by atoms with Gasteiger partial charge in [-0.3, -0.25) is 0 Å². The van der Waals surface area contributed by atoms with Gasteiger partial charge < -0.3 is 18.6 Å². The summed E-state index contributed by atoms with van der Waals surface area (Å²) in [5.74, 6) is -0.959. The van der Waals surface area contributed by atoms with E-state index in [0.29, 0.717) is 19.8 Å². The summed E-state index contributed by atoms with van der Waals surface area (Å²) in [6.07, 6.45) is 6.43. The Balaban J connectivity index is 4.37. The highest BCUT2D eigenvalue weighted by Crippen LogP contribution is 2.18. The van der Waals surface area contributed by atoms with Crippen LogP contribution in [0.5, 0.6) is 0 Å². The monoisotopic (exact) mass is 306 g/mol. The molecule has 20 heavy (non-hydrogen) atoms. The lowest BCUT2D eigenvalue weighted by Gasteiger charge is -2.33. The first-order valence-corrected chi connectivity index (χ1v) is 10.2. The Morgan fingerprint density at radius 2 is 1.30 bits per heavy atom. The molecule has 0 rings (SSSR count). The molecular formula is C15H34O4Si. The van der Waals surface area contributed by atoms with Crippen molar-refractivity contribution in [2.24, 2.45) is 0 Å². The normalized spacial score (nSPS) is 12.6. The van der Waals surface area contributed by atoms with Crippen LogP contribution in [0.4, 0.5) is 0 Å². The molecule has 5 heteroatoms. The minimum absolute atomic E-state index is 0.376. The summed E-state index contributed by atoms with van der Waals surface area (Å²) in [5.41, 5.74) is 0. The number of unbranched alkanes of at least 4 members (excludes halogenated alkanes) is 3. The van der Waals surface area contributed by atoms with Crippen LogP contribution in [0.15, 0.2) is 0 Å². The topological polar surface area (TPSA) is 36.9 Å². The van der Waals surface area contributed by atoms with Crippen molar-refractivity contribution in [3.05, 3.63) is 0 Å². The van der Waals surface area contributed by atoms with E-state index < -0.39 is 15.7 Å². The van der Waals surface area contributed by atoms with Crippen molar-refractivity contribution in [3.63, 3.8) is 0 Å². The Morgan fingerprint density at radius 3 is 1.75 bits per heavy atom. The fraction of sp³-hybridized carbons (Fsp3) is 1.00. The summed E-state index contributed by atoms with van der Waals surface area (Å²) in [7, 11) is -0.628. The first-order chi connectivity index (χ1) is 9.74. The van der Waals surface area contributed by atoms with Crippen LogP contribution in [0.1, 0.15) is 59.3 Å². The van der Waals surface area contributed by atoms with Crippen molar-refractivity contribution >= 4 is 9.76 Å². The standard InChI is InChI=1S/C15H34O4Si/c1-5-8-11-16-14-15(19-20-4,17-12-9-6-2)18-13-10-7-3/h5-14,20H2,1-4H3. The molecule has 0 aromatic rings. The van der Waals surface area contributed by atoms with E-state index in [2.05, 4.69) is 27.3 Å². The zero-order chi connectivity index (χ0) is 15.1. The third-order valence-corrected chi connectivity index (χ3v) is 3.65. The van der Waals surface area contributed by atoms with Gasteiger partial charge in [0.05, 0.1) is 13.2 Å². The molecule has 0 atom stereocenters. The van der Waals surface area contributed by atoms with E-state index in [4.69, 9.17) is 18.6 Å². The zero-order valence-corrected chi connectivity index (χ0v) is 15.3. The van der Waals surface area contributed by atoms with Crippen molar-refractivity contribution < 1.29 is 18.6 Å². The number of rotatable bonds is 15. The van der Waals surface area contributed by atoms with E-state index in [1.54, 1.807) is 0 Å². The minimum atomic E-state index is -0.959. The van der Waals surface area contributed by atoms with Gasteiger partial charge >= 0.3 is 0 Å². The largest absolute Gasteiger partial charge is 0.375 e. The Hall–Kier alpha value is 0.0569. The van der Waals surface area contributed by atoms with Gasteiger partial charge in [0.15, 0.2) is 9.76 Å². The number of ether oxygens (including phenoxy) is 3. The minimum Gasteiger partial charge on any atom is -0.375 e. The van der Waals surface area contributed by atoms with Gasteiger partial charge in [-0.25, -0.2) is 0 Å². The smallest absolute Gasteiger partial charge is 0.297 e. The second-order valence-electron chi connectivity index (χ2n) is 4.93. The third kappa shape index (κ3) is 9.88. The molecule has 0 saturated heterocycles. The number of hydrogen-bond donors (Lipinski definition) is 0. The van der Waals surface area contributed by atoms with Crippen LogP contribution in [0.2, 0.25) is 6.55 Å². The maximum atomic E-state index is 5.90. The van der Waals surface area contributed by atoms with Gasteiger partial charge in [-0.15, -0.1) is 0 Å². The SMILES string of the molecule is CCCCOCC(OCCCC)(OCCCC)O[SiH2]C. The Morgan fingerprint density at radius 1 is 0.800 bits per heavy atom. The number of hydrogen-bond acceptors (Lipinski definition) is 4. The van der Waals surface area contributed by atoms with E-state index in [1.165, 1.54) is 0 Å². The van der Waals surface area contributed by atoms with E-state index in [0.717, 1.165) is 45.1 Å². The van der Waals surface area contributed by atoms with Gasteiger partial charge in [0.2, 0.25) is 0 Å². The fourth-order valence-electron chi connectivity index (χ4n) is 1.66. The Kier molecular flexibility index (Phi) is 14.1. The van der Waals surface area contributed by atoms with Crippen molar-refractivity contribution in [3.8, 4) is 0 Å². The molecule has 0 radical (unpaired) electrons. The average molecular weight is 307 g/mol. The molecule has 0 aromatic heterocycles. The summed E-state index contributed by atoms with van der Waals surface area (Å²) in [6, 6.07) is 0. The highest BCUT2D eigenvalue weighted by Gasteiger charge is 2.33. The van der Waals surface area contributed by atoms with Crippen molar-refractivity contribution in [1.82, 2.24) is 0 Å². The van der Waals surface area contributed by atoms with E-state index in [9.17, 15) is 0 Å². The van der Waals surface area contributed by atoms with Crippen molar-refractivity contribution in [2.45, 2.75) is 71.8 Å². The molecule has 0 spiro atoms. The third-order valence-electron chi connectivity index (χ3n) is 2.93. The van der Waals surface area contributed by atoms with Crippen LogP contribution >= 0.6 is 0 Å². The van der Waals surface area contributed by atoms with Crippen LogP contribution in [0.3, 0.4) is 0 Å². The van der Waals surface area contributed by atoms with E-state index >= 15 is 0 Å². The van der Waals surface area contributed by atoms with Crippen LogP contribution in [-0.2, 0) is 18.6 Å². The molecule has 0 aliphatic heterocycles. The quantitative estimate of drug-likeness (QED) is 0.264. The Labute approximate surface area is 127 Å². The summed E-state index contributed by atoms with van der Waals surface area (Å²) in [5, 5.41) is 0. The fourth-order valence-corrected chi connectivity index (χ4v) is 2.35. The van der Waals surface area contributed by atoms with Gasteiger partial charge in [0.1, 0.15) is 6.61 Å².